The van der Waals surface area contributed by atoms with Crippen molar-refractivity contribution < 1.29 is 0 Å². The molecule has 3 atom stereocenters. The van der Waals surface area contributed by atoms with Crippen LogP contribution in [0.1, 0.15) is 52.4 Å². The van der Waals surface area contributed by atoms with E-state index in [1.165, 1.54) is 58.2 Å². The lowest BCUT2D eigenvalue weighted by Crippen LogP contribution is -2.34. The van der Waals surface area contributed by atoms with Crippen LogP contribution in [-0.2, 0) is 0 Å². The summed E-state index contributed by atoms with van der Waals surface area (Å²) in [5.74, 6) is 3.54. The number of rotatable bonds is 4. The summed E-state index contributed by atoms with van der Waals surface area (Å²) in [5.41, 5.74) is 5.90. The Bertz CT molecular complexity index is 239. The molecule has 1 saturated heterocycles. The van der Waals surface area contributed by atoms with E-state index < -0.39 is 0 Å². The maximum absolute atomic E-state index is 5.90. The van der Waals surface area contributed by atoms with Gasteiger partial charge in [0.05, 0.1) is 0 Å². The van der Waals surface area contributed by atoms with Crippen molar-refractivity contribution in [1.82, 2.24) is 4.90 Å². The second kappa shape index (κ2) is 6.91. The summed E-state index contributed by atoms with van der Waals surface area (Å²) < 4.78 is 0. The van der Waals surface area contributed by atoms with Crippen LogP contribution in [0.2, 0.25) is 0 Å². The topological polar surface area (TPSA) is 29.3 Å². The molecule has 1 saturated carbocycles. The van der Waals surface area contributed by atoms with Crippen LogP contribution in [0.4, 0.5) is 0 Å². The van der Waals surface area contributed by atoms with E-state index in [2.05, 4.69) is 18.7 Å². The van der Waals surface area contributed by atoms with Crippen molar-refractivity contribution in [2.45, 2.75) is 52.4 Å². The van der Waals surface area contributed by atoms with Gasteiger partial charge in [-0.1, -0.05) is 20.3 Å². The molecule has 2 aliphatic rings. The predicted octanol–water partition coefficient (Wildman–Crippen LogP) is 3.12. The molecule has 0 aromatic rings. The average molecular weight is 252 g/mol. The first kappa shape index (κ1) is 14.3. The molecule has 0 amide bonds. The van der Waals surface area contributed by atoms with Gasteiger partial charge in [-0.05, 0) is 75.4 Å². The maximum atomic E-state index is 5.90. The highest BCUT2D eigenvalue weighted by Crippen LogP contribution is 2.32. The van der Waals surface area contributed by atoms with Gasteiger partial charge < -0.3 is 10.6 Å². The van der Waals surface area contributed by atoms with Gasteiger partial charge in [-0.3, -0.25) is 0 Å². The molecule has 1 heterocycles. The minimum absolute atomic E-state index is 0.814. The molecule has 106 valence electrons. The lowest BCUT2D eigenvalue weighted by molar-refractivity contribution is 0.208. The van der Waals surface area contributed by atoms with E-state index in [1.807, 2.05) is 0 Å². The van der Waals surface area contributed by atoms with Crippen molar-refractivity contribution in [3.63, 3.8) is 0 Å². The molecule has 0 aromatic heterocycles. The van der Waals surface area contributed by atoms with Crippen LogP contribution in [0.25, 0.3) is 0 Å². The van der Waals surface area contributed by atoms with E-state index in [9.17, 15) is 0 Å². The monoisotopic (exact) mass is 252 g/mol. The second-order valence-corrected chi connectivity index (χ2v) is 6.92. The molecular formula is C16H32N2. The Morgan fingerprint density at radius 2 is 1.78 bits per heavy atom. The van der Waals surface area contributed by atoms with Gasteiger partial charge in [-0.2, -0.15) is 0 Å². The van der Waals surface area contributed by atoms with E-state index >= 15 is 0 Å². The first-order valence-corrected chi connectivity index (χ1v) is 8.13. The second-order valence-electron chi connectivity index (χ2n) is 6.92. The molecule has 0 radical (unpaired) electrons. The van der Waals surface area contributed by atoms with Crippen LogP contribution < -0.4 is 5.73 Å². The number of hydrogen-bond acceptors (Lipinski definition) is 2. The first-order chi connectivity index (χ1) is 8.70. The Morgan fingerprint density at radius 3 is 2.50 bits per heavy atom. The third-order valence-electron chi connectivity index (χ3n) is 5.42. The summed E-state index contributed by atoms with van der Waals surface area (Å²) in [6, 6.07) is 0. The summed E-state index contributed by atoms with van der Waals surface area (Å²) in [6.07, 6.45) is 8.48. The fourth-order valence-electron chi connectivity index (χ4n) is 4.03. The summed E-state index contributed by atoms with van der Waals surface area (Å²) in [6.45, 7) is 9.68. The summed E-state index contributed by atoms with van der Waals surface area (Å²) >= 11 is 0. The molecule has 0 aromatic carbocycles. The van der Waals surface area contributed by atoms with E-state index in [0.717, 1.165) is 30.2 Å². The van der Waals surface area contributed by atoms with Crippen LogP contribution in [-0.4, -0.2) is 31.1 Å². The van der Waals surface area contributed by atoms with Crippen molar-refractivity contribution >= 4 is 0 Å². The Kier molecular flexibility index (Phi) is 5.50. The number of nitrogens with zero attached hydrogens (tertiary/aromatic N) is 1. The smallest absolute Gasteiger partial charge is 0.00128 e. The fourth-order valence-corrected chi connectivity index (χ4v) is 4.03. The summed E-state index contributed by atoms with van der Waals surface area (Å²) in [7, 11) is 0. The highest BCUT2D eigenvalue weighted by molar-refractivity contribution is 4.82. The molecule has 2 rings (SSSR count). The Hall–Kier alpha value is -0.0800. The largest absolute Gasteiger partial charge is 0.330 e. The summed E-state index contributed by atoms with van der Waals surface area (Å²) in [4.78, 5) is 2.74. The lowest BCUT2D eigenvalue weighted by atomic mass is 9.89. The molecule has 2 nitrogen and oxygen atoms in total. The Balaban J connectivity index is 1.79. The maximum Gasteiger partial charge on any atom is 0.00128 e. The van der Waals surface area contributed by atoms with Gasteiger partial charge in [0.25, 0.3) is 0 Å². The molecule has 1 aliphatic heterocycles. The molecule has 1 aliphatic carbocycles. The van der Waals surface area contributed by atoms with Crippen molar-refractivity contribution in [3.8, 4) is 0 Å². The molecule has 2 fully saturated rings. The number of likely N-dealkylation sites (tertiary alicyclic amines) is 1. The molecule has 3 unspecified atom stereocenters. The van der Waals surface area contributed by atoms with Gasteiger partial charge >= 0.3 is 0 Å². The highest BCUT2D eigenvalue weighted by Gasteiger charge is 2.28. The third-order valence-corrected chi connectivity index (χ3v) is 5.42. The van der Waals surface area contributed by atoms with Gasteiger partial charge in [-0.25, -0.2) is 0 Å². The van der Waals surface area contributed by atoms with Gasteiger partial charge in [-0.15, -0.1) is 0 Å². The van der Waals surface area contributed by atoms with Crippen LogP contribution >= 0.6 is 0 Å². The standard InChI is InChI=1S/C16H32N2/c1-13(2)14-7-4-9-18(10-8-14)12-16-6-3-5-15(16)11-17/h13-16H,3-12,17H2,1-2H3. The first-order valence-electron chi connectivity index (χ1n) is 8.13. The van der Waals surface area contributed by atoms with Crippen molar-refractivity contribution in [2.24, 2.45) is 29.4 Å². The van der Waals surface area contributed by atoms with Gasteiger partial charge in [0.15, 0.2) is 0 Å². The molecule has 18 heavy (non-hydrogen) atoms. The Labute approximate surface area is 113 Å². The van der Waals surface area contributed by atoms with Crippen LogP contribution in [0, 0.1) is 23.7 Å². The van der Waals surface area contributed by atoms with Gasteiger partial charge in [0, 0.05) is 6.54 Å². The van der Waals surface area contributed by atoms with E-state index in [1.54, 1.807) is 0 Å². The van der Waals surface area contributed by atoms with Gasteiger partial charge in [0.1, 0.15) is 0 Å². The molecule has 0 bridgehead atoms. The SMILES string of the molecule is CC(C)C1CCCN(CC2CCCC2CN)CC1. The normalized spacial score (nSPS) is 35.0. The zero-order valence-corrected chi connectivity index (χ0v) is 12.4. The van der Waals surface area contributed by atoms with E-state index in [4.69, 9.17) is 5.73 Å². The van der Waals surface area contributed by atoms with Crippen molar-refractivity contribution in [2.75, 3.05) is 26.2 Å². The quantitative estimate of drug-likeness (QED) is 0.833. The molecule has 2 heteroatoms. The Morgan fingerprint density at radius 1 is 1.00 bits per heavy atom. The van der Waals surface area contributed by atoms with Crippen molar-refractivity contribution in [1.29, 1.82) is 0 Å². The van der Waals surface area contributed by atoms with Crippen LogP contribution in [0.15, 0.2) is 0 Å². The zero-order chi connectivity index (χ0) is 13.0. The van der Waals surface area contributed by atoms with Gasteiger partial charge in [0.2, 0.25) is 0 Å². The van der Waals surface area contributed by atoms with Crippen LogP contribution in [0.3, 0.4) is 0 Å². The minimum atomic E-state index is 0.814. The summed E-state index contributed by atoms with van der Waals surface area (Å²) in [5, 5.41) is 0. The molecule has 2 N–H and O–H groups in total. The molecule has 0 spiro atoms. The predicted molar refractivity (Wildman–Crippen MR) is 78.5 cm³/mol. The van der Waals surface area contributed by atoms with E-state index in [0.29, 0.717) is 0 Å². The third kappa shape index (κ3) is 3.71. The number of hydrogen-bond donors (Lipinski definition) is 1. The zero-order valence-electron chi connectivity index (χ0n) is 12.4. The highest BCUT2D eigenvalue weighted by atomic mass is 15.1. The van der Waals surface area contributed by atoms with Crippen molar-refractivity contribution in [3.05, 3.63) is 0 Å². The minimum Gasteiger partial charge on any atom is -0.330 e. The number of nitrogens with two attached hydrogens (primary N) is 1. The van der Waals surface area contributed by atoms with Crippen LogP contribution in [0.5, 0.6) is 0 Å². The van der Waals surface area contributed by atoms with E-state index in [-0.39, 0.29) is 0 Å². The average Bonchev–Trinajstić information content (AvgIpc) is 2.65. The lowest BCUT2D eigenvalue weighted by Gasteiger charge is -2.27. The molecular weight excluding hydrogens is 220 g/mol. The fraction of sp³-hybridized carbons (Fsp3) is 1.00.